The summed E-state index contributed by atoms with van der Waals surface area (Å²) in [5.41, 5.74) is 2.29. The number of rotatable bonds is 5. The number of aromatic nitrogens is 2. The standard InChI is InChI=1S/C21H21N3O3/c1-15-10-16(2)12-18(11-15)22-19(25)14-24-9-8-23(20(26)21(24)27)13-17-6-4-3-5-7-17/h3-12H,13-14H2,1-2H3,(H,22,25). The second kappa shape index (κ2) is 7.86. The van der Waals surface area contributed by atoms with Crippen molar-refractivity contribution in [2.75, 3.05) is 5.32 Å². The van der Waals surface area contributed by atoms with Crippen molar-refractivity contribution in [3.63, 3.8) is 0 Å². The lowest BCUT2D eigenvalue weighted by Crippen LogP contribution is -2.42. The molecule has 0 aliphatic carbocycles. The Morgan fingerprint density at radius 1 is 0.889 bits per heavy atom. The van der Waals surface area contributed by atoms with Gasteiger partial charge in [0, 0.05) is 18.1 Å². The number of anilines is 1. The molecule has 0 spiro atoms. The first-order valence-electron chi connectivity index (χ1n) is 8.64. The maximum atomic E-state index is 12.3. The molecule has 6 heteroatoms. The van der Waals surface area contributed by atoms with Gasteiger partial charge in [0.25, 0.3) is 0 Å². The van der Waals surface area contributed by atoms with Crippen molar-refractivity contribution >= 4 is 11.6 Å². The van der Waals surface area contributed by atoms with Gasteiger partial charge in [0.2, 0.25) is 5.91 Å². The monoisotopic (exact) mass is 363 g/mol. The molecule has 0 unspecified atom stereocenters. The number of amides is 1. The van der Waals surface area contributed by atoms with Crippen LogP contribution < -0.4 is 16.4 Å². The zero-order valence-corrected chi connectivity index (χ0v) is 15.3. The van der Waals surface area contributed by atoms with Crippen molar-refractivity contribution in [2.45, 2.75) is 26.9 Å². The molecule has 6 nitrogen and oxygen atoms in total. The van der Waals surface area contributed by atoms with Gasteiger partial charge in [-0.3, -0.25) is 19.0 Å². The lowest BCUT2D eigenvalue weighted by atomic mass is 10.1. The van der Waals surface area contributed by atoms with Crippen LogP contribution in [0, 0.1) is 13.8 Å². The highest BCUT2D eigenvalue weighted by Crippen LogP contribution is 2.13. The second-order valence-electron chi connectivity index (χ2n) is 6.57. The molecular formula is C21H21N3O3. The van der Waals surface area contributed by atoms with Crippen LogP contribution in [-0.4, -0.2) is 15.0 Å². The topological polar surface area (TPSA) is 73.1 Å². The lowest BCUT2D eigenvalue weighted by Gasteiger charge is -2.10. The van der Waals surface area contributed by atoms with Gasteiger partial charge in [0.05, 0.1) is 6.54 Å². The second-order valence-corrected chi connectivity index (χ2v) is 6.57. The summed E-state index contributed by atoms with van der Waals surface area (Å²) >= 11 is 0. The predicted molar refractivity (Wildman–Crippen MR) is 105 cm³/mol. The van der Waals surface area contributed by atoms with Crippen LogP contribution in [-0.2, 0) is 17.9 Å². The van der Waals surface area contributed by atoms with Crippen LogP contribution in [0.3, 0.4) is 0 Å². The van der Waals surface area contributed by atoms with E-state index in [9.17, 15) is 14.4 Å². The summed E-state index contributed by atoms with van der Waals surface area (Å²) in [6.07, 6.45) is 2.99. The molecule has 138 valence electrons. The molecule has 0 radical (unpaired) electrons. The third-order valence-corrected chi connectivity index (χ3v) is 4.15. The molecule has 0 atom stereocenters. The minimum Gasteiger partial charge on any atom is -0.325 e. The molecule has 0 bridgehead atoms. The normalized spacial score (nSPS) is 10.6. The van der Waals surface area contributed by atoms with E-state index in [0.717, 1.165) is 21.3 Å². The molecule has 0 aliphatic heterocycles. The Kier molecular flexibility index (Phi) is 5.35. The van der Waals surface area contributed by atoms with Crippen LogP contribution in [0.1, 0.15) is 16.7 Å². The molecule has 27 heavy (non-hydrogen) atoms. The van der Waals surface area contributed by atoms with Crippen molar-refractivity contribution < 1.29 is 4.79 Å². The van der Waals surface area contributed by atoms with Crippen molar-refractivity contribution in [3.05, 3.63) is 98.3 Å². The summed E-state index contributed by atoms with van der Waals surface area (Å²) in [6.45, 7) is 3.98. The van der Waals surface area contributed by atoms with Gasteiger partial charge in [-0.1, -0.05) is 36.4 Å². The van der Waals surface area contributed by atoms with Gasteiger partial charge in [-0.05, 0) is 42.7 Å². The van der Waals surface area contributed by atoms with E-state index < -0.39 is 11.1 Å². The van der Waals surface area contributed by atoms with Gasteiger partial charge in [0.1, 0.15) is 6.54 Å². The molecular weight excluding hydrogens is 342 g/mol. The molecule has 3 rings (SSSR count). The minimum atomic E-state index is -0.719. The van der Waals surface area contributed by atoms with Crippen molar-refractivity contribution in [1.29, 1.82) is 0 Å². The first-order valence-corrected chi connectivity index (χ1v) is 8.64. The van der Waals surface area contributed by atoms with E-state index in [1.165, 1.54) is 17.0 Å². The van der Waals surface area contributed by atoms with E-state index in [-0.39, 0.29) is 12.5 Å². The zero-order valence-electron chi connectivity index (χ0n) is 15.3. The molecule has 1 N–H and O–H groups in total. The van der Waals surface area contributed by atoms with Crippen LogP contribution in [0.4, 0.5) is 5.69 Å². The SMILES string of the molecule is Cc1cc(C)cc(NC(=O)Cn2ccn(Cc3ccccc3)c(=O)c2=O)c1. The van der Waals surface area contributed by atoms with Crippen LogP contribution in [0.15, 0.2) is 70.5 Å². The van der Waals surface area contributed by atoms with Gasteiger partial charge >= 0.3 is 11.1 Å². The van der Waals surface area contributed by atoms with E-state index in [0.29, 0.717) is 12.2 Å². The Hall–Kier alpha value is -3.41. The van der Waals surface area contributed by atoms with Crippen molar-refractivity contribution in [1.82, 2.24) is 9.13 Å². The summed E-state index contributed by atoms with van der Waals surface area (Å²) in [5.74, 6) is -0.359. The molecule has 0 saturated carbocycles. The fraction of sp³-hybridized carbons (Fsp3) is 0.190. The zero-order chi connectivity index (χ0) is 19.4. The fourth-order valence-corrected chi connectivity index (χ4v) is 2.97. The molecule has 3 aromatic rings. The molecule has 0 aliphatic rings. The summed E-state index contributed by atoms with van der Waals surface area (Å²) in [5, 5.41) is 2.77. The van der Waals surface area contributed by atoms with Gasteiger partial charge in [0.15, 0.2) is 0 Å². The Bertz CT molecular complexity index is 1060. The van der Waals surface area contributed by atoms with E-state index in [2.05, 4.69) is 5.32 Å². The Balaban J connectivity index is 1.75. The molecule has 2 aromatic carbocycles. The number of hydrogen-bond acceptors (Lipinski definition) is 3. The fourth-order valence-electron chi connectivity index (χ4n) is 2.97. The highest BCUT2D eigenvalue weighted by molar-refractivity contribution is 5.90. The maximum absolute atomic E-state index is 12.3. The third kappa shape index (κ3) is 4.61. The van der Waals surface area contributed by atoms with E-state index in [1.54, 1.807) is 0 Å². The summed E-state index contributed by atoms with van der Waals surface area (Å²) in [6, 6.07) is 15.1. The van der Waals surface area contributed by atoms with E-state index in [1.807, 2.05) is 62.4 Å². The van der Waals surface area contributed by atoms with Crippen molar-refractivity contribution in [2.24, 2.45) is 0 Å². The number of nitrogens with one attached hydrogen (secondary N) is 1. The molecule has 0 fully saturated rings. The van der Waals surface area contributed by atoms with Crippen LogP contribution in [0.2, 0.25) is 0 Å². The average molecular weight is 363 g/mol. The summed E-state index contributed by atoms with van der Waals surface area (Å²) < 4.78 is 2.47. The van der Waals surface area contributed by atoms with Gasteiger partial charge in [-0.2, -0.15) is 0 Å². The number of carbonyl (C=O) groups excluding carboxylic acids is 1. The number of aryl methyl sites for hydroxylation is 2. The summed E-state index contributed by atoms with van der Waals surface area (Å²) in [7, 11) is 0. The Morgan fingerprint density at radius 3 is 2.15 bits per heavy atom. The maximum Gasteiger partial charge on any atom is 0.316 e. The third-order valence-electron chi connectivity index (χ3n) is 4.15. The molecule has 0 saturated heterocycles. The highest BCUT2D eigenvalue weighted by Gasteiger charge is 2.10. The number of nitrogens with zero attached hydrogens (tertiary/aromatic N) is 2. The quantitative estimate of drug-likeness (QED) is 0.707. The van der Waals surface area contributed by atoms with Gasteiger partial charge < -0.3 is 9.88 Å². The molecule has 1 heterocycles. The van der Waals surface area contributed by atoms with Crippen LogP contribution in [0.25, 0.3) is 0 Å². The lowest BCUT2D eigenvalue weighted by molar-refractivity contribution is -0.116. The number of benzene rings is 2. The van der Waals surface area contributed by atoms with E-state index >= 15 is 0 Å². The highest BCUT2D eigenvalue weighted by atomic mass is 16.2. The minimum absolute atomic E-state index is 0.215. The Labute approximate surface area is 156 Å². The smallest absolute Gasteiger partial charge is 0.316 e. The van der Waals surface area contributed by atoms with Crippen LogP contribution >= 0.6 is 0 Å². The van der Waals surface area contributed by atoms with Crippen molar-refractivity contribution in [3.8, 4) is 0 Å². The Morgan fingerprint density at radius 2 is 1.48 bits per heavy atom. The average Bonchev–Trinajstić information content (AvgIpc) is 2.61. The predicted octanol–water partition coefficient (Wildman–Crippen LogP) is 2.31. The molecule has 1 amide bonds. The summed E-state index contributed by atoms with van der Waals surface area (Å²) in [4.78, 5) is 36.9. The number of carbonyl (C=O) groups is 1. The van der Waals surface area contributed by atoms with E-state index in [4.69, 9.17) is 0 Å². The van der Waals surface area contributed by atoms with Crippen LogP contribution in [0.5, 0.6) is 0 Å². The molecule has 1 aromatic heterocycles. The van der Waals surface area contributed by atoms with Gasteiger partial charge in [-0.25, -0.2) is 0 Å². The first kappa shape index (κ1) is 18.4. The first-order chi connectivity index (χ1) is 12.9. The largest absolute Gasteiger partial charge is 0.325 e. The number of hydrogen-bond donors (Lipinski definition) is 1. The van der Waals surface area contributed by atoms with Gasteiger partial charge in [-0.15, -0.1) is 0 Å².